The molecule has 0 bridgehead atoms. The molecule has 1 aliphatic rings. The maximum atomic E-state index is 12.7. The normalized spacial score (nSPS) is 13.9. The summed E-state index contributed by atoms with van der Waals surface area (Å²) >= 11 is 6.21. The van der Waals surface area contributed by atoms with E-state index in [-0.39, 0.29) is 52.7 Å². The molecular weight excluding hydrogens is 528 g/mol. The van der Waals surface area contributed by atoms with Crippen molar-refractivity contribution in [3.8, 4) is 5.75 Å². The number of carboxylic acids is 1. The third kappa shape index (κ3) is 8.30. The largest absolute Gasteiger partial charge is 0.508 e. The van der Waals surface area contributed by atoms with E-state index >= 15 is 0 Å². The number of piperidine rings is 1. The minimum atomic E-state index is -1.41. The molecule has 2 aromatic rings. The number of halogens is 1. The lowest BCUT2D eigenvalue weighted by molar-refractivity contribution is -0.133. The number of likely N-dealkylation sites (tertiary alicyclic amines) is 1. The summed E-state index contributed by atoms with van der Waals surface area (Å²) in [5.41, 5.74) is 0.376. The standard InChI is InChI=1S/C27H29ClN4O7/c1-16(33)32-11-8-18(9-12-32)24(35)29-10-7-23(27(38)39)31-26(37)21-6-5-19(14-22(21)28)25(36)30-15-17-3-2-4-20(34)13-17/h2-7,13-14,18,34H,8-12,15H2,1H3,(H,29,35)(H,30,36)(H,31,37)(H,38,39)/b23-7+. The molecule has 1 fully saturated rings. The molecule has 206 valence electrons. The van der Waals surface area contributed by atoms with Crippen molar-refractivity contribution >= 4 is 41.2 Å². The van der Waals surface area contributed by atoms with Gasteiger partial charge in [-0.3, -0.25) is 19.2 Å². The molecule has 0 unspecified atom stereocenters. The zero-order valence-corrected chi connectivity index (χ0v) is 22.0. The van der Waals surface area contributed by atoms with Gasteiger partial charge in [-0.05, 0) is 54.8 Å². The number of aromatic hydroxyl groups is 1. The van der Waals surface area contributed by atoms with Crippen LogP contribution < -0.4 is 16.0 Å². The van der Waals surface area contributed by atoms with Crippen molar-refractivity contribution in [1.82, 2.24) is 20.9 Å². The summed E-state index contributed by atoms with van der Waals surface area (Å²) in [6, 6.07) is 10.4. The van der Waals surface area contributed by atoms with Crippen LogP contribution in [0.25, 0.3) is 0 Å². The van der Waals surface area contributed by atoms with Gasteiger partial charge in [-0.25, -0.2) is 4.79 Å². The fourth-order valence-corrected chi connectivity index (χ4v) is 4.29. The van der Waals surface area contributed by atoms with E-state index in [2.05, 4.69) is 16.0 Å². The SMILES string of the molecule is CC(=O)N1CCC(C(=O)NC/C=C(/NC(=O)c2ccc(C(=O)NCc3cccc(O)c3)cc2Cl)C(=O)O)CC1. The molecule has 0 saturated carbocycles. The van der Waals surface area contributed by atoms with Crippen LogP contribution in [0.5, 0.6) is 5.75 Å². The van der Waals surface area contributed by atoms with E-state index in [9.17, 15) is 34.2 Å². The Morgan fingerprint density at radius 3 is 2.36 bits per heavy atom. The highest BCUT2D eigenvalue weighted by molar-refractivity contribution is 6.34. The minimum absolute atomic E-state index is 0.0402. The van der Waals surface area contributed by atoms with Crippen molar-refractivity contribution in [3.05, 3.63) is 76.0 Å². The van der Waals surface area contributed by atoms with Crippen molar-refractivity contribution in [1.29, 1.82) is 0 Å². The van der Waals surface area contributed by atoms with Crippen LogP contribution in [0.2, 0.25) is 5.02 Å². The molecule has 0 radical (unpaired) electrons. The predicted octanol–water partition coefficient (Wildman–Crippen LogP) is 2.05. The highest BCUT2D eigenvalue weighted by Gasteiger charge is 2.25. The van der Waals surface area contributed by atoms with Gasteiger partial charge in [0.15, 0.2) is 0 Å². The Hall–Kier alpha value is -4.38. The molecule has 0 aromatic heterocycles. The number of hydrogen-bond acceptors (Lipinski definition) is 6. The molecule has 3 rings (SSSR count). The number of nitrogens with one attached hydrogen (secondary N) is 3. The number of nitrogens with zero attached hydrogens (tertiary/aromatic N) is 1. The molecule has 0 aliphatic carbocycles. The van der Waals surface area contributed by atoms with Gasteiger partial charge >= 0.3 is 5.97 Å². The van der Waals surface area contributed by atoms with E-state index in [4.69, 9.17) is 11.6 Å². The first-order chi connectivity index (χ1) is 18.5. The molecule has 1 heterocycles. The van der Waals surface area contributed by atoms with Crippen LogP contribution in [0.1, 0.15) is 46.0 Å². The maximum Gasteiger partial charge on any atom is 0.352 e. The van der Waals surface area contributed by atoms with Gasteiger partial charge in [0.25, 0.3) is 11.8 Å². The summed E-state index contributed by atoms with van der Waals surface area (Å²) in [5.74, 6) is -3.18. The van der Waals surface area contributed by atoms with Crippen LogP contribution in [0.4, 0.5) is 0 Å². The molecule has 1 saturated heterocycles. The monoisotopic (exact) mass is 556 g/mol. The molecule has 5 N–H and O–H groups in total. The van der Waals surface area contributed by atoms with Crippen molar-refractivity contribution in [2.24, 2.45) is 5.92 Å². The zero-order valence-electron chi connectivity index (χ0n) is 21.2. The van der Waals surface area contributed by atoms with Crippen LogP contribution in [0.3, 0.4) is 0 Å². The van der Waals surface area contributed by atoms with E-state index in [1.54, 1.807) is 17.0 Å². The van der Waals surface area contributed by atoms with Gasteiger partial charge in [-0.15, -0.1) is 0 Å². The minimum Gasteiger partial charge on any atom is -0.508 e. The van der Waals surface area contributed by atoms with Crippen molar-refractivity contribution in [2.75, 3.05) is 19.6 Å². The van der Waals surface area contributed by atoms with E-state index in [1.807, 2.05) is 0 Å². The van der Waals surface area contributed by atoms with Crippen molar-refractivity contribution < 1.29 is 34.2 Å². The number of hydrogen-bond donors (Lipinski definition) is 5. The number of carbonyl (C=O) groups excluding carboxylic acids is 4. The molecule has 2 aromatic carbocycles. The Kier molecular flexibility index (Phi) is 10.0. The average molecular weight is 557 g/mol. The lowest BCUT2D eigenvalue weighted by Crippen LogP contribution is -2.42. The summed E-state index contributed by atoms with van der Waals surface area (Å²) < 4.78 is 0. The summed E-state index contributed by atoms with van der Waals surface area (Å²) in [7, 11) is 0. The Labute approximate surface area is 229 Å². The molecule has 4 amide bonds. The first kappa shape index (κ1) is 29.2. The second-order valence-corrected chi connectivity index (χ2v) is 9.36. The molecule has 39 heavy (non-hydrogen) atoms. The topological polar surface area (TPSA) is 165 Å². The number of carboxylic acid groups (broad SMARTS) is 1. The van der Waals surface area contributed by atoms with Gasteiger partial charge in [-0.1, -0.05) is 23.7 Å². The van der Waals surface area contributed by atoms with Crippen LogP contribution in [0, 0.1) is 5.92 Å². The van der Waals surface area contributed by atoms with Crippen molar-refractivity contribution in [3.63, 3.8) is 0 Å². The van der Waals surface area contributed by atoms with Crippen LogP contribution in [-0.4, -0.2) is 64.3 Å². The number of phenolic OH excluding ortho intramolecular Hbond substituents is 1. The van der Waals surface area contributed by atoms with E-state index in [1.165, 1.54) is 43.3 Å². The number of rotatable bonds is 9. The van der Waals surface area contributed by atoms with Crippen molar-refractivity contribution in [2.45, 2.75) is 26.3 Å². The molecule has 1 aliphatic heterocycles. The summed E-state index contributed by atoms with van der Waals surface area (Å²) in [5, 5.41) is 26.5. The van der Waals surface area contributed by atoms with E-state index in [0.29, 0.717) is 31.5 Å². The predicted molar refractivity (Wildman–Crippen MR) is 142 cm³/mol. The third-order valence-electron chi connectivity index (χ3n) is 6.21. The van der Waals surface area contributed by atoms with Gasteiger partial charge < -0.3 is 31.1 Å². The summed E-state index contributed by atoms with van der Waals surface area (Å²) in [6.45, 7) is 2.48. The molecule has 0 spiro atoms. The molecule has 12 heteroatoms. The third-order valence-corrected chi connectivity index (χ3v) is 6.52. The lowest BCUT2D eigenvalue weighted by atomic mass is 9.96. The average Bonchev–Trinajstić information content (AvgIpc) is 2.90. The van der Waals surface area contributed by atoms with Crippen LogP contribution in [0.15, 0.2) is 54.2 Å². The second kappa shape index (κ2) is 13.4. The lowest BCUT2D eigenvalue weighted by Gasteiger charge is -2.30. The summed E-state index contributed by atoms with van der Waals surface area (Å²) in [6.07, 6.45) is 2.19. The fraction of sp³-hybridized carbons (Fsp3) is 0.296. The Morgan fingerprint density at radius 1 is 1.03 bits per heavy atom. The smallest absolute Gasteiger partial charge is 0.352 e. The van der Waals surface area contributed by atoms with Gasteiger partial charge in [0.2, 0.25) is 11.8 Å². The second-order valence-electron chi connectivity index (χ2n) is 8.95. The highest BCUT2D eigenvalue weighted by atomic mass is 35.5. The Bertz CT molecular complexity index is 1300. The number of benzene rings is 2. The summed E-state index contributed by atoms with van der Waals surface area (Å²) in [4.78, 5) is 62.3. The van der Waals surface area contributed by atoms with E-state index in [0.717, 1.165) is 0 Å². The van der Waals surface area contributed by atoms with Crippen LogP contribution >= 0.6 is 11.6 Å². The van der Waals surface area contributed by atoms with Gasteiger partial charge in [0.1, 0.15) is 11.4 Å². The van der Waals surface area contributed by atoms with Gasteiger partial charge in [0.05, 0.1) is 10.6 Å². The van der Waals surface area contributed by atoms with Gasteiger partial charge in [-0.2, -0.15) is 0 Å². The highest BCUT2D eigenvalue weighted by Crippen LogP contribution is 2.19. The number of carbonyl (C=O) groups is 5. The molecular formula is C27H29ClN4O7. The first-order valence-corrected chi connectivity index (χ1v) is 12.6. The quantitative estimate of drug-likeness (QED) is 0.295. The number of amides is 4. The first-order valence-electron chi connectivity index (χ1n) is 12.2. The van der Waals surface area contributed by atoms with Crippen LogP contribution in [-0.2, 0) is 20.9 Å². The van der Waals surface area contributed by atoms with E-state index < -0.39 is 23.5 Å². The van der Waals surface area contributed by atoms with Gasteiger partial charge in [0, 0.05) is 44.6 Å². The maximum absolute atomic E-state index is 12.7. The Balaban J connectivity index is 1.55. The number of aliphatic carboxylic acids is 1. The molecule has 11 nitrogen and oxygen atoms in total. The zero-order chi connectivity index (χ0) is 28.5. The fourth-order valence-electron chi connectivity index (χ4n) is 4.03. The Morgan fingerprint density at radius 2 is 1.74 bits per heavy atom. The number of phenols is 1. The molecule has 0 atom stereocenters.